The first-order chi connectivity index (χ1) is 17.0. The van der Waals surface area contributed by atoms with E-state index in [1.807, 2.05) is 13.8 Å². The fourth-order valence-corrected chi connectivity index (χ4v) is 3.46. The summed E-state index contributed by atoms with van der Waals surface area (Å²) in [5, 5.41) is 35.9. The molecule has 0 fully saturated rings. The summed E-state index contributed by atoms with van der Waals surface area (Å²) in [4.78, 5) is 49.7. The molecule has 0 saturated heterocycles. The second-order valence-electron chi connectivity index (χ2n) is 9.10. The molecular weight excluding hydrogens is 470 g/mol. The Kier molecular flexibility index (Phi) is 13.4. The lowest BCUT2D eigenvalue weighted by molar-refractivity contribution is -0.142. The SMILES string of the molecule is CC(C)CC(N)C(=O)NC(CCCCN)C(=O)NC(CO)C(=O)NC(Cc1ccc(O)cc1)C(=O)O. The Bertz CT molecular complexity index is 863. The predicted molar refractivity (Wildman–Crippen MR) is 133 cm³/mol. The maximum absolute atomic E-state index is 12.9. The van der Waals surface area contributed by atoms with Gasteiger partial charge in [0.2, 0.25) is 17.7 Å². The fourth-order valence-electron chi connectivity index (χ4n) is 3.46. The maximum Gasteiger partial charge on any atom is 0.326 e. The van der Waals surface area contributed by atoms with Gasteiger partial charge in [0.15, 0.2) is 0 Å². The largest absolute Gasteiger partial charge is 0.508 e. The lowest BCUT2D eigenvalue weighted by Crippen LogP contribution is -2.58. The summed E-state index contributed by atoms with van der Waals surface area (Å²) in [5.41, 5.74) is 12.0. The molecule has 12 heteroatoms. The Morgan fingerprint density at radius 1 is 0.889 bits per heavy atom. The number of hydrogen-bond donors (Lipinski definition) is 8. The molecule has 0 saturated carbocycles. The van der Waals surface area contributed by atoms with Crippen LogP contribution in [-0.4, -0.2) is 76.3 Å². The first-order valence-corrected chi connectivity index (χ1v) is 12.0. The number of nitrogens with one attached hydrogen (secondary N) is 3. The number of phenolic OH excluding ortho intramolecular Hbond substituents is 1. The van der Waals surface area contributed by atoms with Gasteiger partial charge in [-0.15, -0.1) is 0 Å². The third-order valence-electron chi connectivity index (χ3n) is 5.45. The number of carbonyl (C=O) groups is 4. The topological polar surface area (TPSA) is 217 Å². The molecule has 202 valence electrons. The molecule has 4 atom stereocenters. The van der Waals surface area contributed by atoms with Crippen LogP contribution in [0, 0.1) is 5.92 Å². The highest BCUT2D eigenvalue weighted by atomic mass is 16.4. The summed E-state index contributed by atoms with van der Waals surface area (Å²) in [6, 6.07) is 1.18. The Morgan fingerprint density at radius 2 is 1.44 bits per heavy atom. The molecule has 0 aliphatic heterocycles. The molecule has 10 N–H and O–H groups in total. The summed E-state index contributed by atoms with van der Waals surface area (Å²) in [5.74, 6) is -3.26. The van der Waals surface area contributed by atoms with Gasteiger partial charge in [0, 0.05) is 6.42 Å². The third-order valence-corrected chi connectivity index (χ3v) is 5.45. The van der Waals surface area contributed by atoms with Crippen LogP contribution in [0.15, 0.2) is 24.3 Å². The van der Waals surface area contributed by atoms with Gasteiger partial charge in [0.25, 0.3) is 0 Å². The van der Waals surface area contributed by atoms with Crippen LogP contribution in [0.4, 0.5) is 0 Å². The van der Waals surface area contributed by atoms with Gasteiger partial charge in [-0.1, -0.05) is 26.0 Å². The van der Waals surface area contributed by atoms with Gasteiger partial charge in [-0.2, -0.15) is 0 Å². The van der Waals surface area contributed by atoms with E-state index in [9.17, 15) is 34.5 Å². The highest BCUT2D eigenvalue weighted by Gasteiger charge is 2.30. The van der Waals surface area contributed by atoms with E-state index in [1.54, 1.807) is 0 Å². The van der Waals surface area contributed by atoms with Gasteiger partial charge in [-0.05, 0) is 55.8 Å². The second-order valence-corrected chi connectivity index (χ2v) is 9.10. The second kappa shape index (κ2) is 15.7. The number of carboxylic acid groups (broad SMARTS) is 1. The molecule has 1 aromatic carbocycles. The minimum atomic E-state index is -1.45. The number of aliphatic hydroxyl groups excluding tert-OH is 1. The number of aromatic hydroxyl groups is 1. The van der Waals surface area contributed by atoms with Crippen molar-refractivity contribution >= 4 is 23.7 Å². The fraction of sp³-hybridized carbons (Fsp3) is 0.583. The number of nitrogens with two attached hydrogens (primary N) is 2. The number of amides is 3. The maximum atomic E-state index is 12.9. The average molecular weight is 510 g/mol. The molecule has 4 unspecified atom stereocenters. The molecule has 0 aliphatic rings. The summed E-state index contributed by atoms with van der Waals surface area (Å²) >= 11 is 0. The monoisotopic (exact) mass is 509 g/mol. The number of rotatable bonds is 16. The quantitative estimate of drug-likeness (QED) is 0.128. The molecule has 0 aliphatic carbocycles. The summed E-state index contributed by atoms with van der Waals surface area (Å²) in [7, 11) is 0. The molecule has 12 nitrogen and oxygen atoms in total. The van der Waals surface area contributed by atoms with Gasteiger partial charge >= 0.3 is 5.97 Å². The first kappa shape index (κ1) is 30.8. The normalized spacial score (nSPS) is 14.4. The number of unbranched alkanes of at least 4 members (excludes halogenated alkanes) is 1. The van der Waals surface area contributed by atoms with E-state index in [0.717, 1.165) is 0 Å². The highest BCUT2D eigenvalue weighted by molar-refractivity contribution is 5.94. The van der Waals surface area contributed by atoms with E-state index >= 15 is 0 Å². The summed E-state index contributed by atoms with van der Waals surface area (Å²) < 4.78 is 0. The minimum absolute atomic E-state index is 0.0102. The number of aliphatic hydroxyl groups is 1. The molecule has 0 bridgehead atoms. The van der Waals surface area contributed by atoms with E-state index in [2.05, 4.69) is 16.0 Å². The van der Waals surface area contributed by atoms with Crippen LogP contribution >= 0.6 is 0 Å². The summed E-state index contributed by atoms with van der Waals surface area (Å²) in [6.45, 7) is 3.43. The Balaban J connectivity index is 2.87. The van der Waals surface area contributed by atoms with Crippen molar-refractivity contribution in [2.75, 3.05) is 13.2 Å². The Morgan fingerprint density at radius 3 is 1.97 bits per heavy atom. The smallest absolute Gasteiger partial charge is 0.326 e. The van der Waals surface area contributed by atoms with Crippen molar-refractivity contribution in [3.8, 4) is 5.75 Å². The predicted octanol–water partition coefficient (Wildman–Crippen LogP) is -1.03. The zero-order valence-corrected chi connectivity index (χ0v) is 20.8. The number of carbonyl (C=O) groups excluding carboxylic acids is 3. The Labute approximate surface area is 210 Å². The number of hydrogen-bond acceptors (Lipinski definition) is 8. The molecule has 36 heavy (non-hydrogen) atoms. The molecule has 0 aromatic heterocycles. The minimum Gasteiger partial charge on any atom is -0.508 e. The van der Waals surface area contributed by atoms with Crippen molar-refractivity contribution in [2.45, 2.75) is 70.1 Å². The van der Waals surface area contributed by atoms with E-state index < -0.39 is 54.5 Å². The van der Waals surface area contributed by atoms with Gasteiger partial charge in [0.05, 0.1) is 12.6 Å². The number of aliphatic carboxylic acids is 1. The third kappa shape index (κ3) is 11.0. The molecule has 0 spiro atoms. The van der Waals surface area contributed by atoms with Crippen molar-refractivity contribution in [3.05, 3.63) is 29.8 Å². The van der Waals surface area contributed by atoms with E-state index in [4.69, 9.17) is 11.5 Å². The number of phenols is 1. The van der Waals surface area contributed by atoms with Crippen molar-refractivity contribution < 1.29 is 34.5 Å². The van der Waals surface area contributed by atoms with Crippen LogP contribution in [-0.2, 0) is 25.6 Å². The molecule has 1 rings (SSSR count). The van der Waals surface area contributed by atoms with Crippen molar-refractivity contribution in [1.82, 2.24) is 16.0 Å². The van der Waals surface area contributed by atoms with E-state index in [1.165, 1.54) is 24.3 Å². The van der Waals surface area contributed by atoms with Gasteiger partial charge in [0.1, 0.15) is 23.9 Å². The number of benzene rings is 1. The molecule has 1 aromatic rings. The van der Waals surface area contributed by atoms with E-state index in [0.29, 0.717) is 31.4 Å². The van der Waals surface area contributed by atoms with Crippen LogP contribution in [0.1, 0.15) is 45.1 Å². The highest BCUT2D eigenvalue weighted by Crippen LogP contribution is 2.12. The van der Waals surface area contributed by atoms with Crippen molar-refractivity contribution in [2.24, 2.45) is 17.4 Å². The standard InChI is InChI=1S/C24H39N5O7/c1-14(2)11-17(26)21(32)27-18(5-3-4-10-25)22(33)29-20(13-30)23(34)28-19(24(35)36)12-15-6-8-16(31)9-7-15/h6-9,14,17-20,30-31H,3-5,10-13,25-26H2,1-2H3,(H,27,32)(H,28,34)(H,29,33)(H,35,36). The Hall–Kier alpha value is -3.22. The van der Waals surface area contributed by atoms with Crippen molar-refractivity contribution in [3.63, 3.8) is 0 Å². The van der Waals surface area contributed by atoms with Crippen LogP contribution in [0.5, 0.6) is 5.75 Å². The van der Waals surface area contributed by atoms with Crippen LogP contribution < -0.4 is 27.4 Å². The van der Waals surface area contributed by atoms with Gasteiger partial charge in [-0.25, -0.2) is 4.79 Å². The zero-order chi connectivity index (χ0) is 27.3. The molecule has 0 radical (unpaired) electrons. The molecular formula is C24H39N5O7. The molecule has 0 heterocycles. The van der Waals surface area contributed by atoms with Gasteiger partial charge in [-0.3, -0.25) is 14.4 Å². The van der Waals surface area contributed by atoms with E-state index in [-0.39, 0.29) is 24.5 Å². The number of carboxylic acids is 1. The first-order valence-electron chi connectivity index (χ1n) is 12.0. The average Bonchev–Trinajstić information content (AvgIpc) is 2.81. The van der Waals surface area contributed by atoms with Gasteiger partial charge < -0.3 is 42.7 Å². The van der Waals surface area contributed by atoms with Crippen LogP contribution in [0.25, 0.3) is 0 Å². The lowest BCUT2D eigenvalue weighted by Gasteiger charge is -2.24. The lowest BCUT2D eigenvalue weighted by atomic mass is 10.0. The molecule has 3 amide bonds. The van der Waals surface area contributed by atoms with Crippen LogP contribution in [0.3, 0.4) is 0 Å². The zero-order valence-electron chi connectivity index (χ0n) is 20.8. The summed E-state index contributed by atoms with van der Waals surface area (Å²) in [6.07, 6.45) is 1.71. The van der Waals surface area contributed by atoms with Crippen LogP contribution in [0.2, 0.25) is 0 Å². The van der Waals surface area contributed by atoms with Crippen molar-refractivity contribution in [1.29, 1.82) is 0 Å².